The van der Waals surface area contributed by atoms with Crippen molar-refractivity contribution >= 4 is 86.2 Å². The van der Waals surface area contributed by atoms with Gasteiger partial charge >= 0.3 is 12.1 Å². The maximum atomic E-state index is 14.5. The van der Waals surface area contributed by atoms with Gasteiger partial charge in [-0.25, -0.2) is 9.59 Å². The molecule has 22 nitrogen and oxygen atoms in total. The second-order valence-electron chi connectivity index (χ2n) is 25.5. The molecule has 4 rings (SSSR count). The Labute approximate surface area is 494 Å². The highest BCUT2D eigenvalue weighted by Gasteiger charge is 2.45. The molecule has 0 aliphatic carbocycles. The van der Waals surface area contributed by atoms with Crippen LogP contribution in [0.1, 0.15) is 162 Å². The molecule has 9 atom stereocenters. The van der Waals surface area contributed by atoms with Crippen LogP contribution in [0.5, 0.6) is 0 Å². The first-order valence-electron chi connectivity index (χ1n) is 29.1. The molecule has 1 aromatic heterocycles. The summed E-state index contributed by atoms with van der Waals surface area (Å²) in [5.41, 5.74) is -3.16. The molecule has 8 amide bonds. The number of methoxy groups -OCH3 is 1. The summed E-state index contributed by atoms with van der Waals surface area (Å²) < 4.78 is 10.4. The van der Waals surface area contributed by atoms with Crippen molar-refractivity contribution in [3.8, 4) is 0 Å². The first kappa shape index (κ1) is 69.0. The standard InChI is InChI=1S/C60H95N11O11S/c1-20-34(7)44(66-46(72)41(64-56(80)82-57(10,11)12)30-37-31-61-39-26-23-22-25-38(37)39)48(74)62-36(9)51-70-59(15,16)54(83-51)67-45(35(8)21-2)49(75)65-43(33(5)6)50(76)69-58(13,14)53(78)63-40(29-32(3)4)47(73)68-60(17,18)55(79)71-28-24-27-42(71)52(77)81-19/h22-23,25-26,31-36,40-45,61H,20-21,24,27-30H2,1-19H3,(H,62,74)(H,63,78)(H,64,80)(H,65,75)(H,66,72)(H,68,73)(H,69,76)/t34-,35-,36+,40-,41-,42-,43-,44-,45-/m0/s1. The van der Waals surface area contributed by atoms with Crippen LogP contribution in [0.3, 0.4) is 0 Å². The Bertz CT molecular complexity index is 2750. The molecule has 2 aliphatic heterocycles. The number of nitrogens with zero attached hydrogens (tertiary/aromatic N) is 3. The number of rotatable bonds is 26. The van der Waals surface area contributed by atoms with Gasteiger partial charge in [0, 0.05) is 30.1 Å². The van der Waals surface area contributed by atoms with Crippen LogP contribution in [0.4, 0.5) is 4.79 Å². The number of hydrogen-bond acceptors (Lipinski definition) is 14. The van der Waals surface area contributed by atoms with Crippen LogP contribution < -0.4 is 37.2 Å². The Hall–Kier alpha value is -6.52. The lowest BCUT2D eigenvalue weighted by Crippen LogP contribution is -2.64. The summed E-state index contributed by atoms with van der Waals surface area (Å²) >= 11 is 1.23. The van der Waals surface area contributed by atoms with Gasteiger partial charge < -0.3 is 56.6 Å². The van der Waals surface area contributed by atoms with Crippen LogP contribution in [0.25, 0.3) is 10.9 Å². The van der Waals surface area contributed by atoms with Crippen molar-refractivity contribution in [1.29, 1.82) is 0 Å². The van der Waals surface area contributed by atoms with Crippen LogP contribution >= 0.6 is 11.8 Å². The van der Waals surface area contributed by atoms with Crippen molar-refractivity contribution in [3.05, 3.63) is 36.0 Å². The Morgan fingerprint density at radius 1 is 0.759 bits per heavy atom. The van der Waals surface area contributed by atoms with E-state index in [0.29, 0.717) is 42.3 Å². The number of carbonyl (C=O) groups excluding carboxylic acids is 9. The molecule has 0 spiro atoms. The normalized spacial score (nSPS) is 18.9. The minimum Gasteiger partial charge on any atom is -0.467 e. The molecular formula is C60H95N11O11S. The fourth-order valence-electron chi connectivity index (χ4n) is 9.69. The lowest BCUT2D eigenvalue weighted by atomic mass is 9.95. The third-order valence-corrected chi connectivity index (χ3v) is 16.4. The number of thioether (sulfide) groups is 1. The lowest BCUT2D eigenvalue weighted by molar-refractivity contribution is -0.153. The molecule has 8 N–H and O–H groups in total. The molecule has 0 radical (unpaired) electrons. The highest BCUT2D eigenvalue weighted by molar-refractivity contribution is 8.27. The van der Waals surface area contributed by atoms with Crippen molar-refractivity contribution in [2.75, 3.05) is 13.7 Å². The highest BCUT2D eigenvalue weighted by Crippen LogP contribution is 2.34. The van der Waals surface area contributed by atoms with E-state index in [-0.39, 0.29) is 30.6 Å². The largest absolute Gasteiger partial charge is 0.467 e. The number of likely N-dealkylation sites (tertiary alicyclic amines) is 1. The van der Waals surface area contributed by atoms with Gasteiger partial charge in [-0.05, 0) is 124 Å². The van der Waals surface area contributed by atoms with Gasteiger partial charge in [-0.3, -0.25) is 43.5 Å². The van der Waals surface area contributed by atoms with Gasteiger partial charge in [-0.1, -0.05) is 98.2 Å². The average molecular weight is 1180 g/mol. The molecule has 0 bridgehead atoms. The number of aliphatic imine (C=N–C) groups is 2. The number of hydrogen-bond donors (Lipinski definition) is 8. The fraction of sp³-hybridized carbons (Fsp3) is 0.683. The topological polar surface area (TPSA) is 300 Å². The molecular weight excluding hydrogens is 1080 g/mol. The maximum Gasteiger partial charge on any atom is 0.408 e. The molecule has 0 saturated carbocycles. The number of aromatic nitrogens is 1. The number of para-hydroxylation sites is 1. The van der Waals surface area contributed by atoms with Crippen LogP contribution in [-0.4, -0.2) is 152 Å². The van der Waals surface area contributed by atoms with E-state index < -0.39 is 124 Å². The summed E-state index contributed by atoms with van der Waals surface area (Å²) in [7, 11) is 1.26. The van der Waals surface area contributed by atoms with Gasteiger partial charge in [-0.15, -0.1) is 0 Å². The molecule has 3 heterocycles. The van der Waals surface area contributed by atoms with E-state index in [1.807, 2.05) is 79.7 Å². The molecule has 0 unspecified atom stereocenters. The summed E-state index contributed by atoms with van der Waals surface area (Å²) in [5, 5.41) is 21.9. The summed E-state index contributed by atoms with van der Waals surface area (Å²) in [6.45, 7) is 31.9. The van der Waals surface area contributed by atoms with Gasteiger partial charge in [0.25, 0.3) is 0 Å². The van der Waals surface area contributed by atoms with Crippen molar-refractivity contribution < 1.29 is 52.6 Å². The first-order valence-corrected chi connectivity index (χ1v) is 29.9. The van der Waals surface area contributed by atoms with E-state index in [0.717, 1.165) is 16.5 Å². The number of amides is 8. The summed E-state index contributed by atoms with van der Waals surface area (Å²) in [5.74, 6) is -5.68. The van der Waals surface area contributed by atoms with Crippen molar-refractivity contribution in [2.45, 2.75) is 228 Å². The quantitative estimate of drug-likeness (QED) is 0.0503. The monoisotopic (exact) mass is 1180 g/mol. The summed E-state index contributed by atoms with van der Waals surface area (Å²) in [6.07, 6.45) is 3.44. The number of ether oxygens (including phenoxy) is 2. The molecule has 2 aliphatic rings. The molecule has 1 fully saturated rings. The zero-order valence-corrected chi connectivity index (χ0v) is 53.2. The van der Waals surface area contributed by atoms with E-state index in [2.05, 4.69) is 42.2 Å². The molecule has 23 heteroatoms. The molecule has 462 valence electrons. The van der Waals surface area contributed by atoms with E-state index in [4.69, 9.17) is 19.5 Å². The van der Waals surface area contributed by atoms with Crippen LogP contribution in [-0.2, 0) is 54.3 Å². The zero-order valence-electron chi connectivity index (χ0n) is 52.4. The Balaban J connectivity index is 1.48. The fourth-order valence-corrected chi connectivity index (χ4v) is 10.9. The third kappa shape index (κ3) is 18.7. The minimum atomic E-state index is -1.60. The zero-order chi connectivity index (χ0) is 62.7. The molecule has 1 aromatic carbocycles. The van der Waals surface area contributed by atoms with Crippen LogP contribution in [0.2, 0.25) is 0 Å². The number of fused-ring (bicyclic) bond motifs is 1. The number of nitrogens with one attached hydrogen (secondary N) is 8. The summed E-state index contributed by atoms with van der Waals surface area (Å²) in [4.78, 5) is 139. The summed E-state index contributed by atoms with van der Waals surface area (Å²) in [6, 6.07) is 0.865. The Kier molecular flexibility index (Phi) is 24.0. The van der Waals surface area contributed by atoms with E-state index in [9.17, 15) is 43.2 Å². The molecule has 1 saturated heterocycles. The van der Waals surface area contributed by atoms with Gasteiger partial charge in [0.15, 0.2) is 0 Å². The molecule has 83 heavy (non-hydrogen) atoms. The second-order valence-corrected chi connectivity index (χ2v) is 26.5. The van der Waals surface area contributed by atoms with Crippen molar-refractivity contribution in [2.24, 2.45) is 33.7 Å². The first-order chi connectivity index (χ1) is 38.5. The van der Waals surface area contributed by atoms with Gasteiger partial charge in [-0.2, -0.15) is 0 Å². The van der Waals surface area contributed by atoms with Gasteiger partial charge in [0.1, 0.15) is 63.5 Å². The number of alkyl carbamates (subject to hydrolysis) is 1. The number of H-pyrrole nitrogens is 1. The van der Waals surface area contributed by atoms with Crippen molar-refractivity contribution in [3.63, 3.8) is 0 Å². The molecule has 2 aromatic rings. The van der Waals surface area contributed by atoms with E-state index >= 15 is 0 Å². The lowest BCUT2D eigenvalue weighted by Gasteiger charge is -2.35. The SMILES string of the molecule is CC[C@H](C)[C@H](N=C1SC([C@@H](C)NC(=O)[C@@H](NC(=O)[C@H](Cc2c[nH]c3ccccc23)NC(=O)OC(C)(C)C)[C@@H](C)CC)=NC1(C)C)C(=O)N[C@H](C(=O)NC(C)(C)C(=O)N[C@@H](CC(C)C)C(=O)NC(C)(C)C(=O)N1CCC[C@H]1C(=O)OC)C(C)C. The van der Waals surface area contributed by atoms with Crippen LogP contribution in [0.15, 0.2) is 40.4 Å². The maximum absolute atomic E-state index is 14.5. The third-order valence-electron chi connectivity index (χ3n) is 15.0. The number of benzene rings is 1. The second kappa shape index (κ2) is 28.8. The van der Waals surface area contributed by atoms with E-state index in [1.165, 1.54) is 51.5 Å². The van der Waals surface area contributed by atoms with Crippen molar-refractivity contribution in [1.82, 2.24) is 47.1 Å². The Morgan fingerprint density at radius 2 is 1.37 bits per heavy atom. The number of carbonyl (C=O) groups is 9. The van der Waals surface area contributed by atoms with Gasteiger partial charge in [0.05, 0.1) is 18.2 Å². The smallest absolute Gasteiger partial charge is 0.408 e. The number of esters is 1. The average Bonchev–Trinajstić information content (AvgIpc) is 4.38. The predicted octanol–water partition coefficient (Wildman–Crippen LogP) is 6.00. The van der Waals surface area contributed by atoms with E-state index in [1.54, 1.807) is 47.7 Å². The highest BCUT2D eigenvalue weighted by atomic mass is 32.2. The predicted molar refractivity (Wildman–Crippen MR) is 323 cm³/mol. The Morgan fingerprint density at radius 3 is 1.96 bits per heavy atom. The van der Waals surface area contributed by atoms with Crippen LogP contribution in [0, 0.1) is 23.7 Å². The minimum absolute atomic E-state index is 0.0727. The number of aromatic amines is 1. The van der Waals surface area contributed by atoms with Gasteiger partial charge in [0.2, 0.25) is 41.4 Å².